The molecule has 0 aliphatic heterocycles. The van der Waals surface area contributed by atoms with Crippen molar-refractivity contribution in [3.63, 3.8) is 0 Å². The summed E-state index contributed by atoms with van der Waals surface area (Å²) in [6.45, 7) is 7.06. The molecule has 0 spiro atoms. The number of hydrogen-bond acceptors (Lipinski definition) is 4. The van der Waals surface area contributed by atoms with E-state index in [2.05, 4.69) is 5.32 Å². The Morgan fingerprint density at radius 2 is 1.62 bits per heavy atom. The fraction of sp³-hybridized carbons (Fsp3) is 0.500. The highest BCUT2D eigenvalue weighted by molar-refractivity contribution is 5.85. The van der Waals surface area contributed by atoms with Gasteiger partial charge in [0, 0.05) is 12.1 Å². The molecule has 1 aromatic carbocycles. The molecule has 1 aromatic rings. The Hall–Kier alpha value is -2.37. The Morgan fingerprint density at radius 1 is 1.04 bits per heavy atom. The minimum absolute atomic E-state index is 0.0294. The van der Waals surface area contributed by atoms with Crippen LogP contribution in [0.1, 0.15) is 33.3 Å². The van der Waals surface area contributed by atoms with Crippen LogP contribution in [0.2, 0.25) is 0 Å². The minimum Gasteiger partial charge on any atom is -0.454 e. The van der Waals surface area contributed by atoms with Gasteiger partial charge in [0.25, 0.3) is 5.91 Å². The Morgan fingerprint density at radius 3 is 2.17 bits per heavy atom. The summed E-state index contributed by atoms with van der Waals surface area (Å²) >= 11 is 0. The van der Waals surface area contributed by atoms with Gasteiger partial charge in [-0.25, -0.2) is 0 Å². The number of nitrogens with one attached hydrogen (secondary N) is 1. The van der Waals surface area contributed by atoms with Gasteiger partial charge in [0.1, 0.15) is 6.54 Å². The molecule has 0 aliphatic rings. The molecule has 24 heavy (non-hydrogen) atoms. The first-order valence-electron chi connectivity index (χ1n) is 8.08. The quantitative estimate of drug-likeness (QED) is 0.732. The summed E-state index contributed by atoms with van der Waals surface area (Å²) < 4.78 is 4.94. The lowest BCUT2D eigenvalue weighted by molar-refractivity contribution is -0.153. The van der Waals surface area contributed by atoms with E-state index in [-0.39, 0.29) is 43.5 Å². The van der Waals surface area contributed by atoms with Crippen molar-refractivity contribution in [3.8, 4) is 0 Å². The van der Waals surface area contributed by atoms with Gasteiger partial charge in [-0.3, -0.25) is 14.4 Å². The van der Waals surface area contributed by atoms with Crippen molar-refractivity contribution in [1.29, 1.82) is 0 Å². The van der Waals surface area contributed by atoms with Crippen LogP contribution >= 0.6 is 0 Å². The Balaban J connectivity index is 2.33. The number of benzene rings is 1. The zero-order valence-corrected chi connectivity index (χ0v) is 14.7. The fourth-order valence-electron chi connectivity index (χ4n) is 2.45. The van der Waals surface area contributed by atoms with Crippen LogP contribution < -0.4 is 5.32 Å². The highest BCUT2D eigenvalue weighted by atomic mass is 16.5. The molecule has 6 heteroatoms. The van der Waals surface area contributed by atoms with Crippen molar-refractivity contribution in [2.24, 2.45) is 0 Å². The van der Waals surface area contributed by atoms with E-state index in [0.29, 0.717) is 0 Å². The Labute approximate surface area is 143 Å². The fourth-order valence-corrected chi connectivity index (χ4v) is 2.45. The molecule has 0 saturated heterocycles. The van der Waals surface area contributed by atoms with Gasteiger partial charge in [-0.15, -0.1) is 0 Å². The summed E-state index contributed by atoms with van der Waals surface area (Å²) in [6, 6.07) is 9.29. The first-order chi connectivity index (χ1) is 11.3. The molecular formula is C18H26N2O4. The number of carbonyl (C=O) groups excluding carboxylic acids is 3. The van der Waals surface area contributed by atoms with Crippen molar-refractivity contribution >= 4 is 17.8 Å². The number of esters is 1. The largest absolute Gasteiger partial charge is 0.454 e. The number of carbonyl (C=O) groups is 3. The highest BCUT2D eigenvalue weighted by Gasteiger charge is 2.21. The van der Waals surface area contributed by atoms with E-state index in [4.69, 9.17) is 4.74 Å². The second-order valence-corrected chi connectivity index (χ2v) is 6.09. The summed E-state index contributed by atoms with van der Waals surface area (Å²) in [6.07, 6.45) is 0.196. The monoisotopic (exact) mass is 334 g/mol. The smallest absolute Gasteiger partial charge is 0.325 e. The van der Waals surface area contributed by atoms with Crippen LogP contribution in [0, 0.1) is 0 Å². The van der Waals surface area contributed by atoms with Crippen LogP contribution in [0.3, 0.4) is 0 Å². The molecule has 0 radical (unpaired) electrons. The van der Waals surface area contributed by atoms with Crippen molar-refractivity contribution in [1.82, 2.24) is 10.2 Å². The third kappa shape index (κ3) is 6.81. The van der Waals surface area contributed by atoms with Crippen molar-refractivity contribution in [2.45, 2.75) is 46.2 Å². The molecule has 1 N–H and O–H groups in total. The average Bonchev–Trinajstić information content (AvgIpc) is 2.51. The van der Waals surface area contributed by atoms with Gasteiger partial charge in [0.2, 0.25) is 5.91 Å². The first kappa shape index (κ1) is 19.7. The predicted octanol–water partition coefficient (Wildman–Crippen LogP) is 1.53. The molecule has 0 fully saturated rings. The van der Waals surface area contributed by atoms with E-state index in [1.54, 1.807) is 4.90 Å². The second-order valence-electron chi connectivity index (χ2n) is 6.09. The van der Waals surface area contributed by atoms with Crippen LogP contribution in [0.15, 0.2) is 30.3 Å². The molecule has 0 aromatic heterocycles. The summed E-state index contributed by atoms with van der Waals surface area (Å²) in [5.74, 6) is -1.14. The number of rotatable bonds is 8. The summed E-state index contributed by atoms with van der Waals surface area (Å²) in [4.78, 5) is 37.1. The maximum absolute atomic E-state index is 12.1. The molecule has 0 atom stereocenters. The number of amides is 2. The van der Waals surface area contributed by atoms with Crippen LogP contribution in [0.25, 0.3) is 0 Å². The Bertz CT molecular complexity index is 547. The van der Waals surface area contributed by atoms with Gasteiger partial charge in [0.15, 0.2) is 6.61 Å². The summed E-state index contributed by atoms with van der Waals surface area (Å²) in [5, 5.41) is 2.49. The van der Waals surface area contributed by atoms with Gasteiger partial charge in [-0.05, 0) is 33.3 Å². The maximum Gasteiger partial charge on any atom is 0.325 e. The van der Waals surface area contributed by atoms with E-state index < -0.39 is 5.97 Å². The van der Waals surface area contributed by atoms with Gasteiger partial charge < -0.3 is 15.0 Å². The molecule has 132 valence electrons. The third-order valence-electron chi connectivity index (χ3n) is 3.39. The molecule has 6 nitrogen and oxygen atoms in total. The third-order valence-corrected chi connectivity index (χ3v) is 3.39. The maximum atomic E-state index is 12.1. The number of ether oxygens (including phenoxy) is 1. The van der Waals surface area contributed by atoms with Crippen LogP contribution in [-0.2, 0) is 25.5 Å². The van der Waals surface area contributed by atoms with E-state index in [0.717, 1.165) is 5.56 Å². The van der Waals surface area contributed by atoms with E-state index in [1.807, 2.05) is 58.0 Å². The van der Waals surface area contributed by atoms with E-state index >= 15 is 0 Å². The zero-order chi connectivity index (χ0) is 18.1. The molecule has 0 saturated carbocycles. The van der Waals surface area contributed by atoms with Gasteiger partial charge in [-0.2, -0.15) is 0 Å². The molecule has 0 heterocycles. The normalized spacial score (nSPS) is 10.6. The van der Waals surface area contributed by atoms with Crippen LogP contribution in [0.5, 0.6) is 0 Å². The molecule has 2 amide bonds. The SMILES string of the molecule is CC(C)N(C(=O)COC(=O)CNC(=O)Cc1ccccc1)C(C)C. The zero-order valence-electron chi connectivity index (χ0n) is 14.7. The number of hydrogen-bond donors (Lipinski definition) is 1. The molecular weight excluding hydrogens is 308 g/mol. The topological polar surface area (TPSA) is 75.7 Å². The number of nitrogens with zero attached hydrogens (tertiary/aromatic N) is 1. The van der Waals surface area contributed by atoms with Crippen molar-refractivity contribution in [3.05, 3.63) is 35.9 Å². The van der Waals surface area contributed by atoms with E-state index in [1.165, 1.54) is 0 Å². The van der Waals surface area contributed by atoms with Gasteiger partial charge in [-0.1, -0.05) is 30.3 Å². The lowest BCUT2D eigenvalue weighted by Gasteiger charge is -2.30. The summed E-state index contributed by atoms with van der Waals surface area (Å²) in [5.41, 5.74) is 0.864. The lowest BCUT2D eigenvalue weighted by atomic mass is 10.1. The average molecular weight is 334 g/mol. The molecule has 1 rings (SSSR count). The lowest BCUT2D eigenvalue weighted by Crippen LogP contribution is -2.44. The van der Waals surface area contributed by atoms with Crippen LogP contribution in [0.4, 0.5) is 0 Å². The standard InChI is InChI=1S/C18H26N2O4/c1-13(2)20(14(3)4)17(22)12-24-18(23)11-19-16(21)10-15-8-6-5-7-9-15/h5-9,13-14H,10-12H2,1-4H3,(H,19,21). The molecule has 0 unspecified atom stereocenters. The Kier molecular flexibility index (Phi) is 7.95. The first-order valence-corrected chi connectivity index (χ1v) is 8.08. The van der Waals surface area contributed by atoms with Gasteiger partial charge >= 0.3 is 5.97 Å². The minimum atomic E-state index is -0.628. The highest BCUT2D eigenvalue weighted by Crippen LogP contribution is 2.05. The molecule has 0 bridgehead atoms. The second kappa shape index (κ2) is 9.70. The summed E-state index contributed by atoms with van der Waals surface area (Å²) in [7, 11) is 0. The predicted molar refractivity (Wildman–Crippen MR) is 91.2 cm³/mol. The van der Waals surface area contributed by atoms with Crippen molar-refractivity contribution < 1.29 is 19.1 Å². The van der Waals surface area contributed by atoms with Crippen LogP contribution in [-0.4, -0.2) is 47.9 Å². The van der Waals surface area contributed by atoms with E-state index in [9.17, 15) is 14.4 Å². The van der Waals surface area contributed by atoms with Gasteiger partial charge in [0.05, 0.1) is 6.42 Å². The molecule has 0 aliphatic carbocycles. The van der Waals surface area contributed by atoms with Crippen molar-refractivity contribution in [2.75, 3.05) is 13.2 Å².